The van der Waals surface area contributed by atoms with Crippen LogP contribution in [0.4, 0.5) is 11.4 Å². The predicted octanol–water partition coefficient (Wildman–Crippen LogP) is 4.03. The molecule has 1 fully saturated rings. The Labute approximate surface area is 227 Å². The number of benzene rings is 3. The first-order valence-electron chi connectivity index (χ1n) is 12.8. The van der Waals surface area contributed by atoms with E-state index < -0.39 is 5.92 Å². The topological polar surface area (TPSA) is 106 Å². The molecule has 202 valence electrons. The molecule has 2 aliphatic rings. The fourth-order valence-electron chi connectivity index (χ4n) is 4.94. The Balaban J connectivity index is 1.11. The van der Waals surface area contributed by atoms with Gasteiger partial charge in [0.25, 0.3) is 5.91 Å². The Kier molecular flexibility index (Phi) is 7.40. The minimum Gasteiger partial charge on any atom is -0.484 e. The number of carbonyl (C=O) groups excluding carboxylic acids is 3. The second-order valence-corrected chi connectivity index (χ2v) is 9.92. The molecule has 3 amide bonds. The maximum atomic E-state index is 12.8. The molecule has 2 heterocycles. The van der Waals surface area contributed by atoms with E-state index in [-0.39, 0.29) is 37.5 Å². The molecule has 0 aromatic heterocycles. The van der Waals surface area contributed by atoms with Gasteiger partial charge in [-0.2, -0.15) is 0 Å². The second kappa shape index (κ2) is 11.1. The summed E-state index contributed by atoms with van der Waals surface area (Å²) in [7, 11) is 0. The lowest BCUT2D eigenvalue weighted by atomic mass is 10.1. The van der Waals surface area contributed by atoms with Crippen molar-refractivity contribution in [3.8, 4) is 17.2 Å². The minimum absolute atomic E-state index is 0.116. The molecule has 1 atom stereocenters. The number of hydrogen-bond donors (Lipinski definition) is 2. The van der Waals surface area contributed by atoms with Crippen LogP contribution >= 0.6 is 0 Å². The van der Waals surface area contributed by atoms with Gasteiger partial charge in [0.2, 0.25) is 18.6 Å². The fraction of sp³-hybridized carbons (Fsp3) is 0.300. The van der Waals surface area contributed by atoms with Crippen molar-refractivity contribution in [1.82, 2.24) is 5.32 Å². The van der Waals surface area contributed by atoms with Gasteiger partial charge >= 0.3 is 0 Å². The molecular weight excluding hydrogens is 498 g/mol. The van der Waals surface area contributed by atoms with E-state index in [1.54, 1.807) is 29.2 Å². The zero-order valence-electron chi connectivity index (χ0n) is 22.2. The number of aryl methyl sites for hydroxylation is 3. The van der Waals surface area contributed by atoms with E-state index in [2.05, 4.69) is 10.6 Å². The lowest BCUT2D eigenvalue weighted by Gasteiger charge is -2.17. The molecule has 0 spiro atoms. The summed E-state index contributed by atoms with van der Waals surface area (Å²) in [5.41, 5.74) is 5.51. The van der Waals surface area contributed by atoms with Gasteiger partial charge in [0.15, 0.2) is 18.1 Å². The first-order valence-corrected chi connectivity index (χ1v) is 12.8. The first-order chi connectivity index (χ1) is 18.8. The lowest BCUT2D eigenvalue weighted by molar-refractivity contribution is -0.126. The number of nitrogens with one attached hydrogen (secondary N) is 2. The SMILES string of the molecule is Cc1cc(C)c(NC(=O)COc2ccc(N3C[C@H](C(=O)NCc4ccc5c(c4)OCO5)CC3=O)cc2)c(C)c1. The normalized spacial score (nSPS) is 15.8. The van der Waals surface area contributed by atoms with Crippen LogP contribution in [-0.4, -0.2) is 37.7 Å². The zero-order valence-corrected chi connectivity index (χ0v) is 22.2. The van der Waals surface area contributed by atoms with Crippen LogP contribution in [0.1, 0.15) is 28.7 Å². The van der Waals surface area contributed by atoms with E-state index in [0.717, 1.165) is 27.9 Å². The predicted molar refractivity (Wildman–Crippen MR) is 146 cm³/mol. The van der Waals surface area contributed by atoms with Crippen molar-refractivity contribution >= 4 is 29.1 Å². The van der Waals surface area contributed by atoms with Crippen LogP contribution in [0.2, 0.25) is 0 Å². The van der Waals surface area contributed by atoms with Crippen molar-refractivity contribution in [2.75, 3.05) is 30.2 Å². The molecule has 2 N–H and O–H groups in total. The molecule has 39 heavy (non-hydrogen) atoms. The molecule has 9 nitrogen and oxygen atoms in total. The molecule has 0 radical (unpaired) electrons. The van der Waals surface area contributed by atoms with Crippen molar-refractivity contribution in [2.45, 2.75) is 33.7 Å². The number of anilines is 2. The summed E-state index contributed by atoms with van der Waals surface area (Å²) in [6.45, 7) is 6.63. The third-order valence-corrected chi connectivity index (χ3v) is 6.86. The Bertz CT molecular complexity index is 1400. The van der Waals surface area contributed by atoms with Crippen LogP contribution in [-0.2, 0) is 20.9 Å². The molecule has 0 aliphatic carbocycles. The van der Waals surface area contributed by atoms with Gasteiger partial charge in [-0.1, -0.05) is 23.8 Å². The van der Waals surface area contributed by atoms with Gasteiger partial charge < -0.3 is 29.7 Å². The molecule has 0 bridgehead atoms. The Hall–Kier alpha value is -4.53. The summed E-state index contributed by atoms with van der Waals surface area (Å²) in [5.74, 6) is 0.875. The van der Waals surface area contributed by atoms with E-state index >= 15 is 0 Å². The summed E-state index contributed by atoms with van der Waals surface area (Å²) in [6.07, 6.45) is 0.142. The molecule has 3 aromatic rings. The van der Waals surface area contributed by atoms with Crippen LogP contribution in [0.15, 0.2) is 54.6 Å². The third kappa shape index (κ3) is 5.98. The Morgan fingerprint density at radius 1 is 0.974 bits per heavy atom. The van der Waals surface area contributed by atoms with Gasteiger partial charge in [0.05, 0.1) is 5.92 Å². The lowest BCUT2D eigenvalue weighted by Crippen LogP contribution is -2.32. The summed E-state index contributed by atoms with van der Waals surface area (Å²) >= 11 is 0. The van der Waals surface area contributed by atoms with Gasteiger partial charge in [0, 0.05) is 30.9 Å². The van der Waals surface area contributed by atoms with Gasteiger partial charge in [-0.05, 0) is 73.9 Å². The largest absolute Gasteiger partial charge is 0.484 e. The maximum Gasteiger partial charge on any atom is 0.262 e. The van der Waals surface area contributed by atoms with Gasteiger partial charge in [-0.25, -0.2) is 0 Å². The average Bonchev–Trinajstić information content (AvgIpc) is 3.54. The number of amides is 3. The summed E-state index contributed by atoms with van der Waals surface area (Å²) in [5, 5.41) is 5.83. The summed E-state index contributed by atoms with van der Waals surface area (Å²) in [4.78, 5) is 39.5. The van der Waals surface area contributed by atoms with E-state index in [4.69, 9.17) is 14.2 Å². The highest BCUT2D eigenvalue weighted by Crippen LogP contribution is 2.32. The smallest absolute Gasteiger partial charge is 0.262 e. The molecule has 1 saturated heterocycles. The molecule has 9 heteroatoms. The molecular formula is C30H31N3O6. The quantitative estimate of drug-likeness (QED) is 0.457. The van der Waals surface area contributed by atoms with Crippen LogP contribution < -0.4 is 29.7 Å². The maximum absolute atomic E-state index is 12.8. The number of fused-ring (bicyclic) bond motifs is 1. The Morgan fingerprint density at radius 3 is 2.44 bits per heavy atom. The van der Waals surface area contributed by atoms with Crippen molar-refractivity contribution in [3.05, 3.63) is 76.9 Å². The molecule has 0 unspecified atom stereocenters. The van der Waals surface area contributed by atoms with Gasteiger partial charge in [-0.15, -0.1) is 0 Å². The van der Waals surface area contributed by atoms with Crippen molar-refractivity contribution < 1.29 is 28.6 Å². The van der Waals surface area contributed by atoms with Crippen LogP contribution in [0.25, 0.3) is 0 Å². The van der Waals surface area contributed by atoms with Crippen LogP contribution in [0.5, 0.6) is 17.2 Å². The number of rotatable bonds is 8. The Morgan fingerprint density at radius 2 is 1.69 bits per heavy atom. The number of ether oxygens (including phenoxy) is 3. The van der Waals surface area contributed by atoms with E-state index in [1.165, 1.54) is 0 Å². The third-order valence-electron chi connectivity index (χ3n) is 6.86. The van der Waals surface area contributed by atoms with Gasteiger partial charge in [-0.3, -0.25) is 14.4 Å². The van der Waals surface area contributed by atoms with Crippen molar-refractivity contribution in [3.63, 3.8) is 0 Å². The highest BCUT2D eigenvalue weighted by Gasteiger charge is 2.35. The zero-order chi connectivity index (χ0) is 27.5. The van der Waals surface area contributed by atoms with Gasteiger partial charge in [0.1, 0.15) is 5.75 Å². The number of carbonyl (C=O) groups is 3. The second-order valence-electron chi connectivity index (χ2n) is 9.92. The molecule has 0 saturated carbocycles. The van der Waals surface area contributed by atoms with Crippen LogP contribution in [0.3, 0.4) is 0 Å². The van der Waals surface area contributed by atoms with E-state index in [1.807, 2.05) is 51.1 Å². The summed E-state index contributed by atoms with van der Waals surface area (Å²) < 4.78 is 16.3. The highest BCUT2D eigenvalue weighted by molar-refractivity contribution is 6.00. The summed E-state index contributed by atoms with van der Waals surface area (Å²) in [6, 6.07) is 16.5. The van der Waals surface area contributed by atoms with Crippen molar-refractivity contribution in [2.24, 2.45) is 5.92 Å². The van der Waals surface area contributed by atoms with Crippen LogP contribution in [0, 0.1) is 26.7 Å². The number of hydrogen-bond acceptors (Lipinski definition) is 6. The highest BCUT2D eigenvalue weighted by atomic mass is 16.7. The monoisotopic (exact) mass is 529 g/mol. The van der Waals surface area contributed by atoms with E-state index in [9.17, 15) is 14.4 Å². The van der Waals surface area contributed by atoms with E-state index in [0.29, 0.717) is 36.0 Å². The minimum atomic E-state index is -0.445. The van der Waals surface area contributed by atoms with Crippen molar-refractivity contribution in [1.29, 1.82) is 0 Å². The molecule has 3 aromatic carbocycles. The first kappa shape index (κ1) is 26.1. The molecule has 5 rings (SSSR count). The molecule has 2 aliphatic heterocycles. The average molecular weight is 530 g/mol. The number of nitrogens with zero attached hydrogens (tertiary/aromatic N) is 1. The standard InChI is InChI=1S/C30H31N3O6/c1-18-10-19(2)29(20(3)11-18)32-27(34)16-37-24-7-5-23(6-8-24)33-15-22(13-28(33)35)30(36)31-14-21-4-9-25-26(12-21)39-17-38-25/h4-12,22H,13-17H2,1-3H3,(H,31,36)(H,32,34)/t22-/m1/s1. The fourth-order valence-corrected chi connectivity index (χ4v) is 4.94.